The summed E-state index contributed by atoms with van der Waals surface area (Å²) in [5.41, 5.74) is 19.7. The first-order chi connectivity index (χ1) is 33.0. The lowest BCUT2D eigenvalue weighted by molar-refractivity contribution is 0.662. The van der Waals surface area contributed by atoms with Crippen molar-refractivity contribution in [3.8, 4) is 0 Å². The quantitative estimate of drug-likeness (QED) is 0.0375. The number of aryl methyl sites for hydroxylation is 4. The predicted molar refractivity (Wildman–Crippen MR) is 328 cm³/mol. The van der Waals surface area contributed by atoms with E-state index in [4.69, 9.17) is 0 Å². The zero-order valence-corrected chi connectivity index (χ0v) is 50.3. The van der Waals surface area contributed by atoms with Crippen molar-refractivity contribution >= 4 is 64.7 Å². The van der Waals surface area contributed by atoms with Crippen LogP contribution in [0.3, 0.4) is 0 Å². The van der Waals surface area contributed by atoms with E-state index in [1.165, 1.54) is 197 Å². The van der Waals surface area contributed by atoms with Gasteiger partial charge < -0.3 is 0 Å². The van der Waals surface area contributed by atoms with Crippen LogP contribution in [0.4, 0.5) is 0 Å². The van der Waals surface area contributed by atoms with E-state index in [-0.39, 0.29) is 0 Å². The number of hydrogen-bond acceptors (Lipinski definition) is 0. The highest BCUT2D eigenvalue weighted by atomic mass is 31.0. The molecule has 4 aromatic carbocycles. The maximum Gasteiger partial charge on any atom is 0.0352 e. The molecule has 0 radical (unpaired) electrons. The number of rotatable bonds is 26. The van der Waals surface area contributed by atoms with Crippen LogP contribution in [0.2, 0.25) is 0 Å². The van der Waals surface area contributed by atoms with E-state index in [1.807, 2.05) is 11.1 Å². The molecule has 1 saturated carbocycles. The van der Waals surface area contributed by atoms with E-state index in [1.54, 1.807) is 55.6 Å². The van der Waals surface area contributed by atoms with Crippen LogP contribution in [0.25, 0.3) is 0 Å². The van der Waals surface area contributed by atoms with Gasteiger partial charge in [-0.2, -0.15) is 0 Å². The molecule has 4 bridgehead atoms. The summed E-state index contributed by atoms with van der Waals surface area (Å²) in [7, 11) is 19.8. The molecule has 1 fully saturated rings. The zero-order chi connectivity index (χ0) is 47.6. The summed E-state index contributed by atoms with van der Waals surface area (Å²) >= 11 is 0. The highest BCUT2D eigenvalue weighted by molar-refractivity contribution is 7.17. The smallest absolute Gasteiger partial charge is 0.0352 e. The summed E-state index contributed by atoms with van der Waals surface area (Å²) in [6, 6.07) is 28.4. The van der Waals surface area contributed by atoms with Crippen molar-refractivity contribution < 1.29 is 0 Å². The summed E-state index contributed by atoms with van der Waals surface area (Å²) in [4.78, 5) is 0. The summed E-state index contributed by atoms with van der Waals surface area (Å²) in [5.74, 6) is 2.64. The van der Waals surface area contributed by atoms with Crippen LogP contribution < -0.4 is 0 Å². The molecule has 4 aromatic rings. The topological polar surface area (TPSA) is 0 Å². The van der Waals surface area contributed by atoms with Gasteiger partial charge in [0.1, 0.15) is 0 Å². The van der Waals surface area contributed by atoms with Crippen molar-refractivity contribution in [2.24, 2.45) is 0 Å². The molecule has 9 rings (SSSR count). The lowest BCUT2D eigenvalue weighted by Gasteiger charge is -2.44. The number of benzene rings is 4. The van der Waals surface area contributed by atoms with Crippen molar-refractivity contribution in [3.05, 3.63) is 140 Å². The summed E-state index contributed by atoms with van der Waals surface area (Å²) in [6.45, 7) is 2.24. The van der Waals surface area contributed by atoms with Crippen molar-refractivity contribution in [2.75, 3.05) is 43.1 Å². The van der Waals surface area contributed by atoms with Crippen LogP contribution in [0.1, 0.15) is 226 Å². The first-order valence-corrected chi connectivity index (χ1v) is 33.1. The van der Waals surface area contributed by atoms with Gasteiger partial charge in [0.15, 0.2) is 0 Å². The number of fused-ring (bicyclic) bond motifs is 5. The van der Waals surface area contributed by atoms with Gasteiger partial charge in [-0.05, 0) is 237 Å². The Hall–Kier alpha value is -0.110. The minimum atomic E-state index is 0.407. The second-order valence-corrected chi connectivity index (χ2v) is 24.0. The van der Waals surface area contributed by atoms with Crippen LogP contribution in [0.15, 0.2) is 72.8 Å². The Morgan fingerprint density at radius 2 is 0.597 bits per heavy atom. The van der Waals surface area contributed by atoms with Crippen molar-refractivity contribution in [3.63, 3.8) is 0 Å². The normalized spacial score (nSPS) is 17.6. The maximum absolute atomic E-state index is 2.89. The Labute approximate surface area is 429 Å². The maximum atomic E-state index is 2.89. The average molecular weight is 1030 g/mol. The fourth-order valence-corrected chi connectivity index (χ4v) is 13.8. The molecular formula is C60H95P7. The van der Waals surface area contributed by atoms with E-state index < -0.39 is 0 Å². The molecule has 9 unspecified atom stereocenters. The lowest BCUT2D eigenvalue weighted by Crippen LogP contribution is -2.29. The largest absolute Gasteiger partial charge is 0.138 e. The fourth-order valence-electron chi connectivity index (χ4n) is 11.7. The van der Waals surface area contributed by atoms with Gasteiger partial charge in [0.2, 0.25) is 0 Å². The van der Waals surface area contributed by atoms with Gasteiger partial charge in [0.25, 0.3) is 0 Å². The molecule has 0 nitrogen and oxygen atoms in total. The Balaban J connectivity index is 0.000000196. The molecule has 0 aliphatic heterocycles. The third kappa shape index (κ3) is 16.7. The summed E-state index contributed by atoms with van der Waals surface area (Å²) in [5, 5.41) is 0. The molecule has 5 aliphatic carbocycles. The molecule has 0 N–H and O–H groups in total. The monoisotopic (exact) mass is 1030 g/mol. The van der Waals surface area contributed by atoms with Crippen LogP contribution in [-0.4, -0.2) is 43.1 Å². The van der Waals surface area contributed by atoms with E-state index in [2.05, 4.69) is 144 Å². The molecule has 7 heteroatoms. The molecule has 0 spiro atoms. The molecule has 0 aromatic heterocycles. The highest BCUT2D eigenvalue weighted by Crippen LogP contribution is 2.58. The number of hydrogen-bond donors (Lipinski definition) is 0. The van der Waals surface area contributed by atoms with Crippen molar-refractivity contribution in [2.45, 2.75) is 185 Å². The third-order valence-electron chi connectivity index (χ3n) is 15.1. The Morgan fingerprint density at radius 3 is 0.896 bits per heavy atom. The Morgan fingerprint density at radius 1 is 0.328 bits per heavy atom. The van der Waals surface area contributed by atoms with Gasteiger partial charge in [0, 0.05) is 11.8 Å². The fraction of sp³-hybridized carbons (Fsp3) is 0.600. The van der Waals surface area contributed by atoms with Crippen LogP contribution >= 0.6 is 64.7 Å². The van der Waals surface area contributed by atoms with E-state index in [9.17, 15) is 0 Å². The minimum Gasteiger partial charge on any atom is -0.138 e. The summed E-state index contributed by atoms with van der Waals surface area (Å²) in [6.07, 6.45) is 41.4. The molecular weight excluding hydrogens is 937 g/mol. The number of unbranched alkanes of at least 4 members (excludes halogenated alkanes) is 11. The molecule has 0 saturated heterocycles. The zero-order valence-electron chi connectivity index (χ0n) is 42.2. The average Bonchev–Trinajstić information content (AvgIpc) is 4.00. The first-order valence-electron chi connectivity index (χ1n) is 27.4. The Kier molecular flexibility index (Phi) is 29.0. The highest BCUT2D eigenvalue weighted by Gasteiger charge is 2.43. The molecule has 67 heavy (non-hydrogen) atoms. The van der Waals surface area contributed by atoms with Crippen LogP contribution in [0, 0.1) is 0 Å². The molecule has 0 heterocycles. The SMILES string of the molecule is CCCCCCP.PCCCCCCCP.PCCCCc1ccc(CCCCP)c2c1C1CCC2C1.PCCCCc1ccc(CCCCP)c2c1C1c3ccccc3C2c2ccccc21. The van der Waals surface area contributed by atoms with Gasteiger partial charge in [-0.15, -0.1) is 64.7 Å². The van der Waals surface area contributed by atoms with Crippen molar-refractivity contribution in [1.82, 2.24) is 0 Å². The molecule has 370 valence electrons. The Bertz CT molecular complexity index is 1810. The first kappa shape index (κ1) is 57.8. The van der Waals surface area contributed by atoms with Crippen molar-refractivity contribution in [1.29, 1.82) is 0 Å². The second-order valence-electron chi connectivity index (χ2n) is 19.9. The molecule has 0 amide bonds. The van der Waals surface area contributed by atoms with E-state index in [0.29, 0.717) is 11.8 Å². The standard InChI is InChI=1S/C28H32P2.C19H30P2.C7H18P2.C6H15P/c29-17-7-5-9-19-15-16-20(10-6-8-18-30)26-25(19)27-21-11-1-2-12-22(21)28(26)24-14-4-3-13-23(24)27;20-11-3-1-5-14-7-8-15(6-2-4-12-21)19-17-10-9-16(13-17)18(14)19;8-6-4-2-1-3-5-7-9;1-2-3-4-5-6-7/h1-4,11-16,27-28H,5-10,17-18,29-30H2;7-8,16-17H,1-6,9-13,20-21H2;1-9H2;2-7H2,1H3. The van der Waals surface area contributed by atoms with Crippen LogP contribution in [0.5, 0.6) is 0 Å². The predicted octanol–water partition coefficient (Wildman–Crippen LogP) is 17.6. The third-order valence-corrected chi connectivity index (χ3v) is 17.9. The second kappa shape index (κ2) is 33.6. The van der Waals surface area contributed by atoms with E-state index >= 15 is 0 Å². The van der Waals surface area contributed by atoms with Gasteiger partial charge in [-0.1, -0.05) is 118 Å². The lowest BCUT2D eigenvalue weighted by atomic mass is 9.59. The minimum absolute atomic E-state index is 0.407. The van der Waals surface area contributed by atoms with Crippen LogP contribution in [-0.2, 0) is 25.7 Å². The summed E-state index contributed by atoms with van der Waals surface area (Å²) < 4.78 is 0. The molecule has 9 atom stereocenters. The van der Waals surface area contributed by atoms with Gasteiger partial charge in [-0.3, -0.25) is 0 Å². The van der Waals surface area contributed by atoms with Gasteiger partial charge in [0.05, 0.1) is 0 Å². The molecule has 5 aliphatic rings. The van der Waals surface area contributed by atoms with Gasteiger partial charge >= 0.3 is 0 Å². The van der Waals surface area contributed by atoms with E-state index in [0.717, 1.165) is 11.8 Å². The van der Waals surface area contributed by atoms with Gasteiger partial charge in [-0.25, -0.2) is 0 Å².